The van der Waals surface area contributed by atoms with Gasteiger partial charge in [0.05, 0.1) is 13.2 Å². The van der Waals surface area contributed by atoms with Crippen molar-refractivity contribution in [3.05, 3.63) is 24.3 Å². The van der Waals surface area contributed by atoms with Crippen molar-refractivity contribution < 1.29 is 18.3 Å². The number of hydrogen-bond acceptors (Lipinski definition) is 4. The van der Waals surface area contributed by atoms with Crippen molar-refractivity contribution in [3.63, 3.8) is 0 Å². The SMILES string of the molecule is COc1ccccc1S(=O)(=O)NC1CCCCC1O. The van der Waals surface area contributed by atoms with Crippen LogP contribution in [0.25, 0.3) is 0 Å². The predicted molar refractivity (Wildman–Crippen MR) is 71.6 cm³/mol. The topological polar surface area (TPSA) is 75.6 Å². The second-order valence-corrected chi connectivity index (χ2v) is 6.41. The number of ether oxygens (including phenoxy) is 1. The van der Waals surface area contributed by atoms with E-state index in [2.05, 4.69) is 4.72 Å². The van der Waals surface area contributed by atoms with Crippen LogP contribution in [0.4, 0.5) is 0 Å². The minimum Gasteiger partial charge on any atom is -0.495 e. The molecule has 0 aromatic heterocycles. The average Bonchev–Trinajstić information content (AvgIpc) is 2.41. The molecular weight excluding hydrogens is 266 g/mol. The summed E-state index contributed by atoms with van der Waals surface area (Å²) in [5, 5.41) is 9.85. The Balaban J connectivity index is 2.22. The first kappa shape index (κ1) is 14.3. The molecule has 6 heteroatoms. The van der Waals surface area contributed by atoms with Gasteiger partial charge in [-0.1, -0.05) is 25.0 Å². The maximum atomic E-state index is 12.3. The fourth-order valence-corrected chi connectivity index (χ4v) is 3.83. The lowest BCUT2D eigenvalue weighted by atomic mass is 9.93. The van der Waals surface area contributed by atoms with Crippen LogP contribution in [0.5, 0.6) is 5.75 Å². The Hall–Kier alpha value is -1.11. The van der Waals surface area contributed by atoms with E-state index >= 15 is 0 Å². The molecule has 2 N–H and O–H groups in total. The number of benzene rings is 1. The van der Waals surface area contributed by atoms with Crippen LogP contribution in [0.2, 0.25) is 0 Å². The van der Waals surface area contributed by atoms with Gasteiger partial charge in [0.25, 0.3) is 0 Å². The number of hydrogen-bond donors (Lipinski definition) is 2. The fraction of sp³-hybridized carbons (Fsp3) is 0.538. The van der Waals surface area contributed by atoms with Gasteiger partial charge in [-0.2, -0.15) is 0 Å². The zero-order chi connectivity index (χ0) is 13.9. The summed E-state index contributed by atoms with van der Waals surface area (Å²) >= 11 is 0. The summed E-state index contributed by atoms with van der Waals surface area (Å²) in [6.45, 7) is 0. The zero-order valence-electron chi connectivity index (χ0n) is 10.9. The smallest absolute Gasteiger partial charge is 0.244 e. The summed E-state index contributed by atoms with van der Waals surface area (Å²) in [6.07, 6.45) is 2.55. The molecule has 19 heavy (non-hydrogen) atoms. The monoisotopic (exact) mass is 285 g/mol. The minimum absolute atomic E-state index is 0.107. The average molecular weight is 285 g/mol. The molecule has 2 rings (SSSR count). The van der Waals surface area contributed by atoms with Gasteiger partial charge in [0.2, 0.25) is 10.0 Å². The Kier molecular flexibility index (Phi) is 4.44. The molecule has 0 spiro atoms. The van der Waals surface area contributed by atoms with Crippen LogP contribution < -0.4 is 9.46 Å². The quantitative estimate of drug-likeness (QED) is 0.873. The lowest BCUT2D eigenvalue weighted by Gasteiger charge is -2.28. The first-order valence-corrected chi connectivity index (χ1v) is 7.86. The van der Waals surface area contributed by atoms with E-state index in [1.165, 1.54) is 13.2 Å². The van der Waals surface area contributed by atoms with E-state index in [-0.39, 0.29) is 4.90 Å². The molecule has 1 saturated carbocycles. The third-order valence-corrected chi connectivity index (χ3v) is 4.92. The number of para-hydroxylation sites is 1. The van der Waals surface area contributed by atoms with Gasteiger partial charge in [0, 0.05) is 6.04 Å². The molecule has 1 fully saturated rings. The van der Waals surface area contributed by atoms with Gasteiger partial charge in [-0.3, -0.25) is 0 Å². The van der Waals surface area contributed by atoms with E-state index in [4.69, 9.17) is 4.74 Å². The van der Waals surface area contributed by atoms with Crippen LogP contribution >= 0.6 is 0 Å². The molecule has 1 aliphatic carbocycles. The Morgan fingerprint density at radius 3 is 2.63 bits per heavy atom. The number of sulfonamides is 1. The van der Waals surface area contributed by atoms with Gasteiger partial charge < -0.3 is 9.84 Å². The van der Waals surface area contributed by atoms with E-state index in [0.717, 1.165) is 12.8 Å². The number of nitrogens with one attached hydrogen (secondary N) is 1. The fourth-order valence-electron chi connectivity index (χ4n) is 2.35. The van der Waals surface area contributed by atoms with Gasteiger partial charge in [-0.05, 0) is 25.0 Å². The van der Waals surface area contributed by atoms with Crippen molar-refractivity contribution in [1.82, 2.24) is 4.72 Å². The first-order chi connectivity index (χ1) is 9.04. The molecule has 2 unspecified atom stereocenters. The lowest BCUT2D eigenvalue weighted by Crippen LogP contribution is -2.45. The molecule has 1 aliphatic rings. The van der Waals surface area contributed by atoms with Gasteiger partial charge in [0.1, 0.15) is 10.6 Å². The molecule has 0 heterocycles. The van der Waals surface area contributed by atoms with Crippen molar-refractivity contribution >= 4 is 10.0 Å². The predicted octanol–water partition coefficient (Wildman–Crippen LogP) is 1.28. The van der Waals surface area contributed by atoms with Crippen molar-refractivity contribution in [2.75, 3.05) is 7.11 Å². The highest BCUT2D eigenvalue weighted by Gasteiger charge is 2.29. The molecule has 2 atom stereocenters. The third-order valence-electron chi connectivity index (χ3n) is 3.39. The number of rotatable bonds is 4. The zero-order valence-corrected chi connectivity index (χ0v) is 11.7. The Morgan fingerprint density at radius 1 is 1.26 bits per heavy atom. The second-order valence-electron chi connectivity index (χ2n) is 4.73. The van der Waals surface area contributed by atoms with Crippen LogP contribution in [0.1, 0.15) is 25.7 Å². The maximum absolute atomic E-state index is 12.3. The Labute approximate surface area is 113 Å². The van der Waals surface area contributed by atoms with Gasteiger partial charge in [0.15, 0.2) is 0 Å². The molecule has 5 nitrogen and oxygen atoms in total. The molecule has 1 aromatic rings. The Morgan fingerprint density at radius 2 is 1.95 bits per heavy atom. The maximum Gasteiger partial charge on any atom is 0.244 e. The van der Waals surface area contributed by atoms with E-state index in [1.54, 1.807) is 18.2 Å². The van der Waals surface area contributed by atoms with E-state index in [0.29, 0.717) is 18.6 Å². The standard InChI is InChI=1S/C13H19NO4S/c1-18-12-8-4-5-9-13(12)19(16,17)14-10-6-2-3-7-11(10)15/h4-5,8-11,14-15H,2-3,6-7H2,1H3. The van der Waals surface area contributed by atoms with Gasteiger partial charge >= 0.3 is 0 Å². The summed E-state index contributed by atoms with van der Waals surface area (Å²) in [5.74, 6) is 0.306. The van der Waals surface area contributed by atoms with E-state index in [1.807, 2.05) is 0 Å². The largest absolute Gasteiger partial charge is 0.495 e. The highest BCUT2D eigenvalue weighted by atomic mass is 32.2. The molecular formula is C13H19NO4S. The number of methoxy groups -OCH3 is 1. The molecule has 0 amide bonds. The highest BCUT2D eigenvalue weighted by molar-refractivity contribution is 7.89. The minimum atomic E-state index is -3.67. The summed E-state index contributed by atoms with van der Waals surface area (Å²) in [5.41, 5.74) is 0. The summed E-state index contributed by atoms with van der Waals surface area (Å²) in [4.78, 5) is 0.107. The highest BCUT2D eigenvalue weighted by Crippen LogP contribution is 2.25. The van der Waals surface area contributed by atoms with Crippen LogP contribution in [0.3, 0.4) is 0 Å². The van der Waals surface area contributed by atoms with Gasteiger partial charge in [-0.25, -0.2) is 13.1 Å². The molecule has 0 radical (unpaired) electrons. The van der Waals surface area contributed by atoms with Crippen molar-refractivity contribution in [3.8, 4) is 5.75 Å². The molecule has 0 bridgehead atoms. The van der Waals surface area contributed by atoms with E-state index < -0.39 is 22.2 Å². The molecule has 1 aromatic carbocycles. The first-order valence-electron chi connectivity index (χ1n) is 6.38. The molecule has 106 valence electrons. The van der Waals surface area contributed by atoms with Crippen molar-refractivity contribution in [2.24, 2.45) is 0 Å². The van der Waals surface area contributed by atoms with Crippen molar-refractivity contribution in [1.29, 1.82) is 0 Å². The molecule has 0 aliphatic heterocycles. The third kappa shape index (κ3) is 3.26. The summed E-state index contributed by atoms with van der Waals surface area (Å²) in [6, 6.07) is 6.05. The summed E-state index contributed by atoms with van der Waals surface area (Å²) in [7, 11) is -2.24. The number of aliphatic hydroxyl groups excluding tert-OH is 1. The normalized spacial score (nSPS) is 24.1. The van der Waals surface area contributed by atoms with Crippen LogP contribution in [-0.2, 0) is 10.0 Å². The summed E-state index contributed by atoms with van der Waals surface area (Å²) < 4.78 is 32.3. The Bertz CT molecular complexity index is 529. The second kappa shape index (κ2) is 5.90. The van der Waals surface area contributed by atoms with Crippen molar-refractivity contribution in [2.45, 2.75) is 42.7 Å². The lowest BCUT2D eigenvalue weighted by molar-refractivity contribution is 0.101. The van der Waals surface area contributed by atoms with Crippen LogP contribution in [-0.4, -0.2) is 32.8 Å². The van der Waals surface area contributed by atoms with Gasteiger partial charge in [-0.15, -0.1) is 0 Å². The van der Waals surface area contributed by atoms with Crippen LogP contribution in [0.15, 0.2) is 29.2 Å². The van der Waals surface area contributed by atoms with E-state index in [9.17, 15) is 13.5 Å². The number of aliphatic hydroxyl groups is 1. The van der Waals surface area contributed by atoms with Crippen LogP contribution in [0, 0.1) is 0 Å². The molecule has 0 saturated heterocycles.